The first-order chi connectivity index (χ1) is 7.75. The Balaban J connectivity index is 1.82. The van der Waals surface area contributed by atoms with E-state index in [9.17, 15) is 4.79 Å². The van der Waals surface area contributed by atoms with Gasteiger partial charge in [0.1, 0.15) is 0 Å². The lowest BCUT2D eigenvalue weighted by molar-refractivity contribution is -0.118. The molecule has 1 saturated carbocycles. The molecule has 1 aromatic carbocycles. The van der Waals surface area contributed by atoms with Gasteiger partial charge in [0.2, 0.25) is 5.91 Å². The van der Waals surface area contributed by atoms with Crippen LogP contribution in [0.5, 0.6) is 0 Å². The van der Waals surface area contributed by atoms with Crippen molar-refractivity contribution >= 4 is 11.6 Å². The number of benzene rings is 1. The Bertz CT molecular complexity index is 346. The molecule has 2 N–H and O–H groups in total. The Morgan fingerprint density at radius 3 is 2.56 bits per heavy atom. The fourth-order valence-corrected chi connectivity index (χ4v) is 1.78. The van der Waals surface area contributed by atoms with Gasteiger partial charge in [0.25, 0.3) is 0 Å². The number of hydrogen-bond acceptors (Lipinski definition) is 2. The third-order valence-corrected chi connectivity index (χ3v) is 3.03. The number of carbonyl (C=O) groups excluding carboxylic acids is 1. The van der Waals surface area contributed by atoms with Crippen molar-refractivity contribution < 1.29 is 4.79 Å². The van der Waals surface area contributed by atoms with E-state index in [1.807, 2.05) is 37.3 Å². The van der Waals surface area contributed by atoms with Gasteiger partial charge in [-0.25, -0.2) is 0 Å². The fourth-order valence-electron chi connectivity index (χ4n) is 1.78. The molecule has 16 heavy (non-hydrogen) atoms. The van der Waals surface area contributed by atoms with E-state index >= 15 is 0 Å². The van der Waals surface area contributed by atoms with Crippen LogP contribution >= 0.6 is 0 Å². The average molecular weight is 218 g/mol. The molecule has 3 nitrogen and oxygen atoms in total. The molecule has 0 saturated heterocycles. The summed E-state index contributed by atoms with van der Waals surface area (Å²) >= 11 is 0. The summed E-state index contributed by atoms with van der Waals surface area (Å²) in [4.78, 5) is 11.8. The minimum absolute atomic E-state index is 0.0399. The molecular weight excluding hydrogens is 200 g/mol. The molecule has 1 amide bonds. The molecule has 1 atom stereocenters. The van der Waals surface area contributed by atoms with Crippen molar-refractivity contribution in [2.45, 2.75) is 38.3 Å². The maximum atomic E-state index is 11.8. The normalized spacial score (nSPS) is 17.6. The third-order valence-electron chi connectivity index (χ3n) is 3.03. The van der Waals surface area contributed by atoms with E-state index in [-0.39, 0.29) is 11.9 Å². The first-order valence-corrected chi connectivity index (χ1v) is 5.87. The van der Waals surface area contributed by atoms with Crippen LogP contribution in [0.1, 0.15) is 26.2 Å². The second kappa shape index (κ2) is 5.12. The van der Waals surface area contributed by atoms with Crippen LogP contribution in [0.15, 0.2) is 30.3 Å². The summed E-state index contributed by atoms with van der Waals surface area (Å²) in [6.45, 7) is 1.91. The molecule has 1 aliphatic rings. The maximum absolute atomic E-state index is 11.8. The van der Waals surface area contributed by atoms with Gasteiger partial charge < -0.3 is 10.6 Å². The quantitative estimate of drug-likeness (QED) is 0.813. The van der Waals surface area contributed by atoms with Gasteiger partial charge in [-0.15, -0.1) is 0 Å². The lowest BCUT2D eigenvalue weighted by Gasteiger charge is -2.29. The molecule has 86 valence electrons. The fraction of sp³-hybridized carbons (Fsp3) is 0.462. The van der Waals surface area contributed by atoms with Crippen LogP contribution < -0.4 is 10.6 Å². The molecule has 1 aliphatic carbocycles. The Labute approximate surface area is 96.2 Å². The number of rotatable bonds is 4. The minimum Gasteiger partial charge on any atom is -0.325 e. The van der Waals surface area contributed by atoms with Gasteiger partial charge in [-0.3, -0.25) is 4.79 Å². The van der Waals surface area contributed by atoms with Crippen molar-refractivity contribution in [3.05, 3.63) is 30.3 Å². The molecule has 2 rings (SSSR count). The van der Waals surface area contributed by atoms with Gasteiger partial charge in [0.05, 0.1) is 6.04 Å². The van der Waals surface area contributed by atoms with Gasteiger partial charge in [-0.2, -0.15) is 0 Å². The van der Waals surface area contributed by atoms with Crippen molar-refractivity contribution in [1.82, 2.24) is 5.32 Å². The molecule has 1 aromatic rings. The van der Waals surface area contributed by atoms with Crippen molar-refractivity contribution in [2.24, 2.45) is 0 Å². The lowest BCUT2D eigenvalue weighted by Crippen LogP contribution is -2.46. The smallest absolute Gasteiger partial charge is 0.241 e. The molecule has 0 bridgehead atoms. The number of hydrogen-bond donors (Lipinski definition) is 2. The highest BCUT2D eigenvalue weighted by Gasteiger charge is 2.22. The monoisotopic (exact) mass is 218 g/mol. The summed E-state index contributed by atoms with van der Waals surface area (Å²) in [7, 11) is 0. The van der Waals surface area contributed by atoms with Crippen LogP contribution in [0, 0.1) is 0 Å². The van der Waals surface area contributed by atoms with Crippen molar-refractivity contribution in [1.29, 1.82) is 0 Å². The molecule has 1 fully saturated rings. The first-order valence-electron chi connectivity index (χ1n) is 5.87. The SMILES string of the molecule is CC(NC1CCC1)C(=O)Nc1ccccc1. The Morgan fingerprint density at radius 2 is 2.00 bits per heavy atom. The van der Waals surface area contributed by atoms with Crippen LogP contribution in [0.4, 0.5) is 5.69 Å². The van der Waals surface area contributed by atoms with Gasteiger partial charge in [-0.05, 0) is 31.9 Å². The summed E-state index contributed by atoms with van der Waals surface area (Å²) in [5.74, 6) is 0.0399. The number of amides is 1. The highest BCUT2D eigenvalue weighted by atomic mass is 16.2. The second-order valence-electron chi connectivity index (χ2n) is 4.37. The van der Waals surface area contributed by atoms with E-state index in [4.69, 9.17) is 0 Å². The highest BCUT2D eigenvalue weighted by molar-refractivity contribution is 5.94. The molecule has 1 unspecified atom stereocenters. The van der Waals surface area contributed by atoms with Gasteiger partial charge >= 0.3 is 0 Å². The largest absolute Gasteiger partial charge is 0.325 e. The summed E-state index contributed by atoms with van der Waals surface area (Å²) < 4.78 is 0. The van der Waals surface area contributed by atoms with E-state index in [1.165, 1.54) is 19.3 Å². The standard InChI is InChI=1S/C13H18N2O/c1-10(14-11-8-5-9-11)13(16)15-12-6-3-2-4-7-12/h2-4,6-7,10-11,14H,5,8-9H2,1H3,(H,15,16). The number of nitrogens with one attached hydrogen (secondary N) is 2. The van der Waals surface area contributed by atoms with E-state index < -0.39 is 0 Å². The summed E-state index contributed by atoms with van der Waals surface area (Å²) in [6.07, 6.45) is 3.68. The number of carbonyl (C=O) groups is 1. The topological polar surface area (TPSA) is 41.1 Å². The third kappa shape index (κ3) is 2.83. The van der Waals surface area contributed by atoms with E-state index in [0.717, 1.165) is 5.69 Å². The predicted molar refractivity (Wildman–Crippen MR) is 65.3 cm³/mol. The predicted octanol–water partition coefficient (Wildman–Crippen LogP) is 2.16. The number of para-hydroxylation sites is 1. The van der Waals surface area contributed by atoms with Gasteiger partial charge in [0, 0.05) is 11.7 Å². The Hall–Kier alpha value is -1.35. The molecule has 0 heterocycles. The Kier molecular flexibility index (Phi) is 3.57. The summed E-state index contributed by atoms with van der Waals surface area (Å²) in [5, 5.41) is 6.22. The summed E-state index contributed by atoms with van der Waals surface area (Å²) in [5.41, 5.74) is 0.856. The molecule has 0 aliphatic heterocycles. The molecule has 0 spiro atoms. The average Bonchev–Trinajstić information content (AvgIpc) is 2.24. The lowest BCUT2D eigenvalue weighted by atomic mass is 9.92. The van der Waals surface area contributed by atoms with Crippen LogP contribution in [-0.4, -0.2) is 18.0 Å². The molecule has 0 radical (unpaired) electrons. The minimum atomic E-state index is -0.120. The van der Waals surface area contributed by atoms with E-state index in [1.54, 1.807) is 0 Å². The highest BCUT2D eigenvalue weighted by Crippen LogP contribution is 2.18. The second-order valence-corrected chi connectivity index (χ2v) is 4.37. The first kappa shape index (κ1) is 11.1. The van der Waals surface area contributed by atoms with Crippen LogP contribution in [0.25, 0.3) is 0 Å². The van der Waals surface area contributed by atoms with E-state index in [2.05, 4.69) is 10.6 Å². The number of anilines is 1. The van der Waals surface area contributed by atoms with Gasteiger partial charge in [0.15, 0.2) is 0 Å². The Morgan fingerprint density at radius 1 is 1.31 bits per heavy atom. The van der Waals surface area contributed by atoms with E-state index in [0.29, 0.717) is 6.04 Å². The van der Waals surface area contributed by atoms with Crippen molar-refractivity contribution in [3.63, 3.8) is 0 Å². The molecule has 0 aromatic heterocycles. The van der Waals surface area contributed by atoms with Crippen LogP contribution in [0.2, 0.25) is 0 Å². The zero-order valence-electron chi connectivity index (χ0n) is 9.57. The maximum Gasteiger partial charge on any atom is 0.241 e. The van der Waals surface area contributed by atoms with Crippen molar-refractivity contribution in [2.75, 3.05) is 5.32 Å². The van der Waals surface area contributed by atoms with Crippen LogP contribution in [0.3, 0.4) is 0 Å². The van der Waals surface area contributed by atoms with Gasteiger partial charge in [-0.1, -0.05) is 24.6 Å². The zero-order chi connectivity index (χ0) is 11.4. The summed E-state index contributed by atoms with van der Waals surface area (Å²) in [6, 6.07) is 9.98. The molecular formula is C13H18N2O. The van der Waals surface area contributed by atoms with Crippen LogP contribution in [-0.2, 0) is 4.79 Å². The zero-order valence-corrected chi connectivity index (χ0v) is 9.57. The molecule has 3 heteroatoms. The van der Waals surface area contributed by atoms with Crippen molar-refractivity contribution in [3.8, 4) is 0 Å².